The molecule has 0 spiro atoms. The lowest BCUT2D eigenvalue weighted by Gasteiger charge is -2.23. The molecule has 4 nitrogen and oxygen atoms in total. The zero-order chi connectivity index (χ0) is 15.2. The molecule has 0 aliphatic carbocycles. The Hall–Kier alpha value is -2.01. The van der Waals surface area contributed by atoms with Gasteiger partial charge in [-0.25, -0.2) is 0 Å². The molecule has 21 heavy (non-hydrogen) atoms. The predicted molar refractivity (Wildman–Crippen MR) is 85.2 cm³/mol. The molecule has 0 bridgehead atoms. The first-order valence-electron chi connectivity index (χ1n) is 6.84. The smallest absolute Gasteiger partial charge is 0.252 e. The molecule has 0 aliphatic heterocycles. The number of anilines is 1. The topological polar surface area (TPSA) is 47.2 Å². The van der Waals surface area contributed by atoms with Crippen molar-refractivity contribution in [1.29, 1.82) is 0 Å². The molecule has 0 N–H and O–H groups in total. The van der Waals surface area contributed by atoms with E-state index in [0.717, 1.165) is 10.4 Å². The summed E-state index contributed by atoms with van der Waals surface area (Å²) in [7, 11) is 0. The molecule has 110 valence electrons. The van der Waals surface area contributed by atoms with Crippen LogP contribution in [0.5, 0.6) is 0 Å². The van der Waals surface area contributed by atoms with Crippen LogP contribution in [0, 0.1) is 5.21 Å². The van der Waals surface area contributed by atoms with Crippen LogP contribution in [0.15, 0.2) is 59.8 Å². The van der Waals surface area contributed by atoms with Crippen molar-refractivity contribution in [1.82, 2.24) is 0 Å². The molecule has 1 atom stereocenters. The predicted octanol–water partition coefficient (Wildman–Crippen LogP) is 2.85. The van der Waals surface area contributed by atoms with Crippen LogP contribution in [0.4, 0.5) is 5.69 Å². The van der Waals surface area contributed by atoms with E-state index in [9.17, 15) is 10.0 Å². The zero-order valence-corrected chi connectivity index (χ0v) is 12.9. The van der Waals surface area contributed by atoms with Gasteiger partial charge in [0.25, 0.3) is 5.03 Å². The number of amides is 1. The third kappa shape index (κ3) is 3.76. The molecule has 0 saturated heterocycles. The van der Waals surface area contributed by atoms with Crippen molar-refractivity contribution >= 4 is 23.4 Å². The fraction of sp³-hybridized carbons (Fsp3) is 0.250. The summed E-state index contributed by atoms with van der Waals surface area (Å²) < 4.78 is 0.785. The molecule has 2 rings (SSSR count). The minimum absolute atomic E-state index is 0.00227. The normalized spacial score (nSPS) is 11.9. The molecule has 0 aliphatic rings. The second-order valence-electron chi connectivity index (χ2n) is 4.54. The lowest BCUT2D eigenvalue weighted by molar-refractivity contribution is -0.645. The Morgan fingerprint density at radius 3 is 2.52 bits per heavy atom. The van der Waals surface area contributed by atoms with Gasteiger partial charge in [0.2, 0.25) is 5.91 Å². The molecule has 2 aromatic rings. The van der Waals surface area contributed by atoms with Crippen molar-refractivity contribution < 1.29 is 9.52 Å². The van der Waals surface area contributed by atoms with Gasteiger partial charge < -0.3 is 10.1 Å². The Bertz CT molecular complexity index is 604. The summed E-state index contributed by atoms with van der Waals surface area (Å²) in [6, 6.07) is 14.8. The molecule has 0 radical (unpaired) electrons. The van der Waals surface area contributed by atoms with Crippen LogP contribution in [0.25, 0.3) is 0 Å². The standard InChI is InChI=1S/C16H18N2O2S/c1-3-17(14-9-5-4-6-10-14)16(19)13(2)21-15-11-7-8-12-18(15)20/h4-13H,3H2,1-2H3. The zero-order valence-electron chi connectivity index (χ0n) is 12.1. The van der Waals surface area contributed by atoms with E-state index in [0.29, 0.717) is 11.6 Å². The van der Waals surface area contributed by atoms with E-state index in [1.165, 1.54) is 18.0 Å². The maximum absolute atomic E-state index is 12.6. The average molecular weight is 302 g/mol. The maximum atomic E-state index is 12.6. The third-order valence-corrected chi connectivity index (χ3v) is 4.20. The van der Waals surface area contributed by atoms with E-state index in [2.05, 4.69) is 0 Å². The summed E-state index contributed by atoms with van der Waals surface area (Å²) in [4.78, 5) is 14.3. The quantitative estimate of drug-likeness (QED) is 0.485. The highest BCUT2D eigenvalue weighted by molar-refractivity contribution is 8.00. The van der Waals surface area contributed by atoms with Gasteiger partial charge in [0, 0.05) is 24.4 Å². The number of pyridine rings is 1. The number of carbonyl (C=O) groups is 1. The van der Waals surface area contributed by atoms with E-state index in [1.807, 2.05) is 44.2 Å². The first-order valence-corrected chi connectivity index (χ1v) is 7.72. The van der Waals surface area contributed by atoms with Crippen molar-refractivity contribution in [3.05, 3.63) is 59.9 Å². The number of hydrogen-bond acceptors (Lipinski definition) is 3. The van der Waals surface area contributed by atoms with Gasteiger partial charge in [0.1, 0.15) is 0 Å². The van der Waals surface area contributed by atoms with Crippen molar-refractivity contribution in [2.45, 2.75) is 24.1 Å². The number of benzene rings is 1. The van der Waals surface area contributed by atoms with Crippen LogP contribution >= 0.6 is 11.8 Å². The first-order chi connectivity index (χ1) is 10.1. The Balaban J connectivity index is 2.13. The van der Waals surface area contributed by atoms with Gasteiger partial charge in [-0.1, -0.05) is 18.2 Å². The Labute approximate surface area is 129 Å². The highest BCUT2D eigenvalue weighted by Gasteiger charge is 2.24. The number of carbonyl (C=O) groups excluding carboxylic acids is 1. The summed E-state index contributed by atoms with van der Waals surface area (Å²) in [6.07, 6.45) is 1.44. The van der Waals surface area contributed by atoms with Gasteiger partial charge in [-0.3, -0.25) is 4.79 Å². The summed E-state index contributed by atoms with van der Waals surface area (Å²) in [6.45, 7) is 4.37. The number of hydrogen-bond donors (Lipinski definition) is 0. The van der Waals surface area contributed by atoms with E-state index >= 15 is 0 Å². The van der Waals surface area contributed by atoms with Crippen LogP contribution in [0.2, 0.25) is 0 Å². The van der Waals surface area contributed by atoms with E-state index < -0.39 is 0 Å². The van der Waals surface area contributed by atoms with Gasteiger partial charge in [-0.2, -0.15) is 4.73 Å². The van der Waals surface area contributed by atoms with E-state index in [-0.39, 0.29) is 11.2 Å². The van der Waals surface area contributed by atoms with Gasteiger partial charge in [0.05, 0.1) is 5.25 Å². The van der Waals surface area contributed by atoms with Crippen LogP contribution in [0.3, 0.4) is 0 Å². The second kappa shape index (κ2) is 7.13. The number of aromatic nitrogens is 1. The molecule has 0 saturated carbocycles. The SMILES string of the molecule is CCN(C(=O)C(C)Sc1cccc[n+]1[O-])c1ccccc1. The van der Waals surface area contributed by atoms with Crippen molar-refractivity contribution in [3.63, 3.8) is 0 Å². The summed E-state index contributed by atoms with van der Waals surface area (Å²) in [5.74, 6) is -0.00227. The maximum Gasteiger partial charge on any atom is 0.252 e. The van der Waals surface area contributed by atoms with Gasteiger partial charge in [0.15, 0.2) is 6.20 Å². The minimum atomic E-state index is -0.326. The number of nitrogens with zero attached hydrogens (tertiary/aromatic N) is 2. The molecule has 1 aromatic heterocycles. The van der Waals surface area contributed by atoms with Crippen LogP contribution in [-0.2, 0) is 4.79 Å². The lowest BCUT2D eigenvalue weighted by atomic mass is 10.2. The summed E-state index contributed by atoms with van der Waals surface area (Å²) in [5.41, 5.74) is 0.875. The lowest BCUT2D eigenvalue weighted by Crippen LogP contribution is -2.37. The summed E-state index contributed by atoms with van der Waals surface area (Å²) in [5, 5.41) is 11.9. The van der Waals surface area contributed by atoms with Gasteiger partial charge >= 0.3 is 0 Å². The molecule has 5 heteroatoms. The number of rotatable bonds is 5. The van der Waals surface area contributed by atoms with E-state index in [4.69, 9.17) is 0 Å². The van der Waals surface area contributed by atoms with Crippen LogP contribution in [0.1, 0.15) is 13.8 Å². The summed E-state index contributed by atoms with van der Waals surface area (Å²) >= 11 is 1.28. The molecule has 1 heterocycles. The number of para-hydroxylation sites is 1. The number of thioether (sulfide) groups is 1. The Kier molecular flexibility index (Phi) is 5.22. The third-order valence-electron chi connectivity index (χ3n) is 3.08. The van der Waals surface area contributed by atoms with E-state index in [1.54, 1.807) is 23.1 Å². The fourth-order valence-electron chi connectivity index (χ4n) is 2.03. The van der Waals surface area contributed by atoms with Crippen LogP contribution < -0.4 is 9.63 Å². The molecular weight excluding hydrogens is 284 g/mol. The average Bonchev–Trinajstić information content (AvgIpc) is 2.51. The van der Waals surface area contributed by atoms with Gasteiger partial charge in [-0.15, -0.1) is 0 Å². The Morgan fingerprint density at radius 1 is 1.24 bits per heavy atom. The van der Waals surface area contributed by atoms with Crippen molar-refractivity contribution in [2.75, 3.05) is 11.4 Å². The molecule has 1 unspecified atom stereocenters. The highest BCUT2D eigenvalue weighted by atomic mass is 32.2. The van der Waals surface area contributed by atoms with Crippen molar-refractivity contribution in [2.24, 2.45) is 0 Å². The second-order valence-corrected chi connectivity index (χ2v) is 5.90. The molecule has 1 amide bonds. The Morgan fingerprint density at radius 2 is 1.90 bits per heavy atom. The highest BCUT2D eigenvalue weighted by Crippen LogP contribution is 2.23. The van der Waals surface area contributed by atoms with Crippen molar-refractivity contribution in [3.8, 4) is 0 Å². The molecular formula is C16H18N2O2S. The largest absolute Gasteiger partial charge is 0.618 e. The molecule has 0 fully saturated rings. The first kappa shape index (κ1) is 15.4. The molecule has 1 aromatic carbocycles. The monoisotopic (exact) mass is 302 g/mol. The fourth-order valence-corrected chi connectivity index (χ4v) is 2.94. The van der Waals surface area contributed by atoms with Crippen LogP contribution in [-0.4, -0.2) is 17.7 Å². The minimum Gasteiger partial charge on any atom is -0.618 e. The van der Waals surface area contributed by atoms with Gasteiger partial charge in [-0.05, 0) is 43.8 Å².